The minimum absolute atomic E-state index is 0.417. The van der Waals surface area contributed by atoms with Crippen molar-refractivity contribution < 1.29 is 9.53 Å². The molecule has 0 aromatic heterocycles. The van der Waals surface area contributed by atoms with Crippen molar-refractivity contribution in [1.82, 2.24) is 4.90 Å². The summed E-state index contributed by atoms with van der Waals surface area (Å²) in [6.07, 6.45) is 1.57. The Morgan fingerprint density at radius 2 is 2.06 bits per heavy atom. The maximum atomic E-state index is 10.1. The number of morpholine rings is 1. The van der Waals surface area contributed by atoms with E-state index in [1.807, 2.05) is 12.1 Å². The highest BCUT2D eigenvalue weighted by molar-refractivity contribution is 5.34. The van der Waals surface area contributed by atoms with E-state index in [1.54, 1.807) is 6.08 Å². The number of aliphatic imine (C=N–C) groups is 1. The van der Waals surface area contributed by atoms with E-state index in [2.05, 4.69) is 22.0 Å². The predicted molar refractivity (Wildman–Crippen MR) is 64.4 cm³/mol. The summed E-state index contributed by atoms with van der Waals surface area (Å²) in [5, 5.41) is 0. The van der Waals surface area contributed by atoms with Crippen molar-refractivity contribution in [3.05, 3.63) is 35.4 Å². The van der Waals surface area contributed by atoms with Gasteiger partial charge in [0.05, 0.1) is 19.8 Å². The molecule has 2 rings (SSSR count). The quantitative estimate of drug-likeness (QED) is 0.581. The second-order valence-corrected chi connectivity index (χ2v) is 4.12. The van der Waals surface area contributed by atoms with E-state index in [9.17, 15) is 4.79 Å². The van der Waals surface area contributed by atoms with Gasteiger partial charge < -0.3 is 4.74 Å². The van der Waals surface area contributed by atoms with E-state index in [4.69, 9.17) is 4.74 Å². The summed E-state index contributed by atoms with van der Waals surface area (Å²) in [5.41, 5.74) is 2.31. The number of isocyanates is 1. The zero-order valence-electron chi connectivity index (χ0n) is 9.76. The second-order valence-electron chi connectivity index (χ2n) is 4.12. The second kappa shape index (κ2) is 6.30. The minimum Gasteiger partial charge on any atom is -0.379 e. The van der Waals surface area contributed by atoms with Crippen molar-refractivity contribution >= 4 is 6.08 Å². The summed E-state index contributed by atoms with van der Waals surface area (Å²) in [6.45, 7) is 4.94. The Hall–Kier alpha value is -1.48. The molecule has 0 amide bonds. The predicted octanol–water partition coefficient (Wildman–Crippen LogP) is 1.35. The number of hydrogen-bond donors (Lipinski definition) is 0. The van der Waals surface area contributed by atoms with Crippen molar-refractivity contribution in [1.29, 1.82) is 0 Å². The molecule has 0 atom stereocenters. The van der Waals surface area contributed by atoms with Gasteiger partial charge in [-0.3, -0.25) is 4.90 Å². The minimum atomic E-state index is 0.417. The van der Waals surface area contributed by atoms with Gasteiger partial charge in [-0.15, -0.1) is 0 Å². The van der Waals surface area contributed by atoms with Gasteiger partial charge in [-0.25, -0.2) is 9.79 Å². The van der Waals surface area contributed by atoms with E-state index < -0.39 is 0 Å². The lowest BCUT2D eigenvalue weighted by molar-refractivity contribution is 0.0342. The summed E-state index contributed by atoms with van der Waals surface area (Å²) in [7, 11) is 0. The number of carbonyl (C=O) groups excluding carboxylic acids is 1. The van der Waals surface area contributed by atoms with E-state index in [1.165, 1.54) is 5.56 Å². The van der Waals surface area contributed by atoms with Gasteiger partial charge in [0, 0.05) is 19.6 Å². The van der Waals surface area contributed by atoms with Gasteiger partial charge in [0.15, 0.2) is 0 Å². The number of ether oxygens (including phenoxy) is 1. The van der Waals surface area contributed by atoms with Gasteiger partial charge >= 0.3 is 0 Å². The molecule has 0 saturated carbocycles. The molecule has 17 heavy (non-hydrogen) atoms. The smallest absolute Gasteiger partial charge is 0.235 e. The van der Waals surface area contributed by atoms with Crippen LogP contribution in [0.4, 0.5) is 0 Å². The molecule has 4 heteroatoms. The van der Waals surface area contributed by atoms with Crippen LogP contribution in [0.2, 0.25) is 0 Å². The first-order valence-corrected chi connectivity index (χ1v) is 5.80. The molecule has 0 N–H and O–H groups in total. The Morgan fingerprint density at radius 1 is 1.29 bits per heavy atom. The third-order valence-electron chi connectivity index (χ3n) is 2.83. The van der Waals surface area contributed by atoms with Crippen LogP contribution in [0.25, 0.3) is 0 Å². The Labute approximate surface area is 101 Å². The van der Waals surface area contributed by atoms with Crippen LogP contribution >= 0.6 is 0 Å². The van der Waals surface area contributed by atoms with Crippen molar-refractivity contribution in [3.8, 4) is 0 Å². The Kier molecular flexibility index (Phi) is 4.45. The fourth-order valence-corrected chi connectivity index (χ4v) is 1.97. The molecule has 1 aliphatic heterocycles. The lowest BCUT2D eigenvalue weighted by Crippen LogP contribution is -2.35. The van der Waals surface area contributed by atoms with Crippen LogP contribution in [-0.4, -0.2) is 37.3 Å². The van der Waals surface area contributed by atoms with Gasteiger partial charge in [-0.2, -0.15) is 0 Å². The number of nitrogens with zero attached hydrogens (tertiary/aromatic N) is 2. The summed E-state index contributed by atoms with van der Waals surface area (Å²) in [4.78, 5) is 16.0. The van der Waals surface area contributed by atoms with E-state index >= 15 is 0 Å². The molecule has 0 radical (unpaired) electrons. The first-order valence-electron chi connectivity index (χ1n) is 5.80. The lowest BCUT2D eigenvalue weighted by Gasteiger charge is -2.26. The highest BCUT2D eigenvalue weighted by Gasteiger charge is 2.10. The molecule has 1 aliphatic rings. The van der Waals surface area contributed by atoms with Gasteiger partial charge in [-0.1, -0.05) is 24.3 Å². The van der Waals surface area contributed by atoms with Crippen LogP contribution in [0.15, 0.2) is 29.3 Å². The van der Waals surface area contributed by atoms with Gasteiger partial charge in [0.2, 0.25) is 6.08 Å². The van der Waals surface area contributed by atoms with Crippen LogP contribution in [0.1, 0.15) is 11.1 Å². The first kappa shape index (κ1) is 12.0. The van der Waals surface area contributed by atoms with Crippen molar-refractivity contribution in [2.75, 3.05) is 26.3 Å². The molecule has 0 spiro atoms. The van der Waals surface area contributed by atoms with E-state index in [0.717, 1.165) is 38.4 Å². The molecule has 1 fully saturated rings. The molecule has 0 aliphatic carbocycles. The monoisotopic (exact) mass is 232 g/mol. The van der Waals surface area contributed by atoms with Crippen molar-refractivity contribution in [2.24, 2.45) is 4.99 Å². The molecule has 4 nitrogen and oxygen atoms in total. The van der Waals surface area contributed by atoms with Gasteiger partial charge in [0.1, 0.15) is 0 Å². The molecule has 1 aromatic carbocycles. The fraction of sp³-hybridized carbons (Fsp3) is 0.462. The molecular weight excluding hydrogens is 216 g/mol. The Balaban J connectivity index is 1.97. The molecule has 90 valence electrons. The topological polar surface area (TPSA) is 41.9 Å². The maximum absolute atomic E-state index is 10.1. The normalized spacial score (nSPS) is 16.5. The van der Waals surface area contributed by atoms with Crippen molar-refractivity contribution in [2.45, 2.75) is 13.1 Å². The average Bonchev–Trinajstić information content (AvgIpc) is 2.38. The SMILES string of the molecule is O=C=NCc1cccc(CN2CCOCC2)c1. The molecule has 0 unspecified atom stereocenters. The van der Waals surface area contributed by atoms with Crippen molar-refractivity contribution in [3.63, 3.8) is 0 Å². The third kappa shape index (κ3) is 3.79. The first-order chi connectivity index (χ1) is 8.38. The van der Waals surface area contributed by atoms with Crippen LogP contribution in [0.3, 0.4) is 0 Å². The molecule has 1 heterocycles. The molecule has 1 saturated heterocycles. The highest BCUT2D eigenvalue weighted by Crippen LogP contribution is 2.10. The molecule has 0 bridgehead atoms. The zero-order valence-corrected chi connectivity index (χ0v) is 9.76. The summed E-state index contributed by atoms with van der Waals surface area (Å²) >= 11 is 0. The van der Waals surface area contributed by atoms with Crippen LogP contribution < -0.4 is 0 Å². The van der Waals surface area contributed by atoms with Crippen LogP contribution in [-0.2, 0) is 22.6 Å². The molecule has 1 aromatic rings. The largest absolute Gasteiger partial charge is 0.379 e. The number of benzene rings is 1. The van der Waals surface area contributed by atoms with Gasteiger partial charge in [0.25, 0.3) is 0 Å². The maximum Gasteiger partial charge on any atom is 0.235 e. The Bertz CT molecular complexity index is 408. The zero-order chi connectivity index (χ0) is 11.9. The van der Waals surface area contributed by atoms with E-state index in [-0.39, 0.29) is 0 Å². The van der Waals surface area contributed by atoms with Crippen LogP contribution in [0, 0.1) is 0 Å². The third-order valence-corrected chi connectivity index (χ3v) is 2.83. The molecular formula is C13H16N2O2. The summed E-state index contributed by atoms with van der Waals surface area (Å²) in [6, 6.07) is 8.18. The lowest BCUT2D eigenvalue weighted by atomic mass is 10.1. The Morgan fingerprint density at radius 3 is 2.82 bits per heavy atom. The standard InChI is InChI=1S/C13H16N2O2/c16-11-14-9-12-2-1-3-13(8-12)10-15-4-6-17-7-5-15/h1-3,8H,4-7,9-10H2. The van der Waals surface area contributed by atoms with Crippen LogP contribution in [0.5, 0.6) is 0 Å². The summed E-state index contributed by atoms with van der Waals surface area (Å²) < 4.78 is 5.31. The number of rotatable bonds is 4. The average molecular weight is 232 g/mol. The van der Waals surface area contributed by atoms with Gasteiger partial charge in [-0.05, 0) is 11.1 Å². The number of hydrogen-bond acceptors (Lipinski definition) is 4. The fourth-order valence-electron chi connectivity index (χ4n) is 1.97. The van der Waals surface area contributed by atoms with E-state index in [0.29, 0.717) is 6.54 Å². The summed E-state index contributed by atoms with van der Waals surface area (Å²) in [5.74, 6) is 0. The highest BCUT2D eigenvalue weighted by atomic mass is 16.5.